The molecular formula is C14H27N. The average molecular weight is 209 g/mol. The number of hydrogen-bond donors (Lipinski definition) is 1. The Morgan fingerprint density at radius 1 is 1.53 bits per heavy atom. The number of hydrogen-bond acceptors (Lipinski definition) is 1. The van der Waals surface area contributed by atoms with Gasteiger partial charge in [-0.3, -0.25) is 0 Å². The van der Waals surface area contributed by atoms with Crippen LogP contribution in [0.4, 0.5) is 0 Å². The molecule has 1 saturated carbocycles. The summed E-state index contributed by atoms with van der Waals surface area (Å²) in [7, 11) is 0. The molecule has 1 aliphatic rings. The summed E-state index contributed by atoms with van der Waals surface area (Å²) in [5, 5.41) is 3.65. The van der Waals surface area contributed by atoms with Crippen molar-refractivity contribution in [2.24, 2.45) is 11.3 Å². The van der Waals surface area contributed by atoms with Gasteiger partial charge in [-0.05, 0) is 44.1 Å². The minimum absolute atomic E-state index is 0.516. The van der Waals surface area contributed by atoms with Gasteiger partial charge in [-0.1, -0.05) is 32.8 Å². The molecule has 0 aromatic rings. The molecule has 0 amide bonds. The second-order valence-corrected chi connectivity index (χ2v) is 5.81. The summed E-state index contributed by atoms with van der Waals surface area (Å²) < 4.78 is 0. The molecule has 0 radical (unpaired) electrons. The van der Waals surface area contributed by atoms with Crippen LogP contribution < -0.4 is 5.32 Å². The minimum Gasteiger partial charge on any atom is -0.314 e. The summed E-state index contributed by atoms with van der Waals surface area (Å²) in [5.74, 6) is 0.828. The van der Waals surface area contributed by atoms with Gasteiger partial charge >= 0.3 is 0 Å². The molecular weight excluding hydrogens is 182 g/mol. The van der Waals surface area contributed by atoms with Crippen molar-refractivity contribution in [3.8, 4) is 0 Å². The molecule has 1 N–H and O–H groups in total. The van der Waals surface area contributed by atoms with E-state index in [1.807, 2.05) is 0 Å². The van der Waals surface area contributed by atoms with Crippen molar-refractivity contribution in [2.75, 3.05) is 6.54 Å². The second-order valence-electron chi connectivity index (χ2n) is 5.81. The Hall–Kier alpha value is -0.300. The smallest absolute Gasteiger partial charge is 0.0137 e. The van der Waals surface area contributed by atoms with Crippen molar-refractivity contribution < 1.29 is 0 Å². The largest absolute Gasteiger partial charge is 0.314 e. The molecule has 0 bridgehead atoms. The van der Waals surface area contributed by atoms with Gasteiger partial charge in [0, 0.05) is 6.04 Å². The maximum atomic E-state index is 4.06. The molecule has 0 aromatic heterocycles. The molecule has 88 valence electrons. The van der Waals surface area contributed by atoms with E-state index in [2.05, 4.69) is 39.6 Å². The lowest BCUT2D eigenvalue weighted by molar-refractivity contribution is 0.197. The highest BCUT2D eigenvalue weighted by atomic mass is 14.9. The zero-order valence-electron chi connectivity index (χ0n) is 10.9. The first-order chi connectivity index (χ1) is 6.97. The van der Waals surface area contributed by atoms with E-state index in [1.165, 1.54) is 24.8 Å². The fourth-order valence-electron chi connectivity index (χ4n) is 3.09. The topological polar surface area (TPSA) is 12.0 Å². The van der Waals surface area contributed by atoms with Crippen LogP contribution in [0.15, 0.2) is 12.2 Å². The Kier molecular flexibility index (Phi) is 4.39. The van der Waals surface area contributed by atoms with E-state index in [0.717, 1.165) is 18.9 Å². The molecule has 2 atom stereocenters. The Morgan fingerprint density at radius 2 is 2.20 bits per heavy atom. The molecule has 1 aliphatic carbocycles. The lowest BCUT2D eigenvalue weighted by Crippen LogP contribution is -2.40. The zero-order chi connectivity index (χ0) is 11.5. The third-order valence-corrected chi connectivity index (χ3v) is 3.86. The zero-order valence-corrected chi connectivity index (χ0v) is 10.9. The van der Waals surface area contributed by atoms with Gasteiger partial charge in [-0.2, -0.15) is 0 Å². The fourth-order valence-corrected chi connectivity index (χ4v) is 3.09. The summed E-state index contributed by atoms with van der Waals surface area (Å²) in [6.45, 7) is 14.3. The van der Waals surface area contributed by atoms with Crippen LogP contribution in [0.2, 0.25) is 0 Å². The molecule has 1 rings (SSSR count). The predicted molar refractivity (Wildman–Crippen MR) is 68.0 cm³/mol. The van der Waals surface area contributed by atoms with Crippen molar-refractivity contribution in [3.63, 3.8) is 0 Å². The molecule has 1 fully saturated rings. The first-order valence-electron chi connectivity index (χ1n) is 6.35. The van der Waals surface area contributed by atoms with Crippen LogP contribution >= 0.6 is 0 Å². The quantitative estimate of drug-likeness (QED) is 0.680. The third kappa shape index (κ3) is 3.34. The van der Waals surface area contributed by atoms with Crippen molar-refractivity contribution in [1.82, 2.24) is 5.32 Å². The molecule has 2 unspecified atom stereocenters. The van der Waals surface area contributed by atoms with Crippen LogP contribution in [0.3, 0.4) is 0 Å². The lowest BCUT2D eigenvalue weighted by atomic mass is 9.76. The van der Waals surface area contributed by atoms with Crippen LogP contribution in [-0.4, -0.2) is 12.6 Å². The van der Waals surface area contributed by atoms with Crippen molar-refractivity contribution in [2.45, 2.75) is 59.4 Å². The first kappa shape index (κ1) is 12.8. The van der Waals surface area contributed by atoms with Gasteiger partial charge in [0.1, 0.15) is 0 Å². The number of nitrogens with one attached hydrogen (secondary N) is 1. The van der Waals surface area contributed by atoms with E-state index in [9.17, 15) is 0 Å². The monoisotopic (exact) mass is 209 g/mol. The highest BCUT2D eigenvalue weighted by Crippen LogP contribution is 2.45. The molecule has 1 heteroatoms. The molecule has 15 heavy (non-hydrogen) atoms. The van der Waals surface area contributed by atoms with Gasteiger partial charge in [0.25, 0.3) is 0 Å². The van der Waals surface area contributed by atoms with E-state index >= 15 is 0 Å². The molecule has 0 spiro atoms. The summed E-state index contributed by atoms with van der Waals surface area (Å²) in [5.41, 5.74) is 1.83. The number of rotatable bonds is 5. The Morgan fingerprint density at radius 3 is 2.60 bits per heavy atom. The summed E-state index contributed by atoms with van der Waals surface area (Å²) >= 11 is 0. The summed E-state index contributed by atoms with van der Waals surface area (Å²) in [6, 6.07) is 0.644. The maximum Gasteiger partial charge on any atom is 0.0137 e. The predicted octanol–water partition coefficient (Wildman–Crippen LogP) is 3.76. The Labute approximate surface area is 95.3 Å². The standard InChI is InChI=1S/C14H27N/c1-6-15-13(10-11(2)3)12-8-7-9-14(12,4)5/h12-13,15H,2,6-10H2,1,3-5H3. The molecule has 0 saturated heterocycles. The van der Waals surface area contributed by atoms with Gasteiger partial charge in [0.05, 0.1) is 0 Å². The SMILES string of the molecule is C=C(C)CC(NCC)C1CCCC1(C)C. The minimum atomic E-state index is 0.516. The van der Waals surface area contributed by atoms with Crippen LogP contribution in [0, 0.1) is 11.3 Å². The van der Waals surface area contributed by atoms with Gasteiger partial charge in [0.15, 0.2) is 0 Å². The van der Waals surface area contributed by atoms with Gasteiger partial charge in [0.2, 0.25) is 0 Å². The van der Waals surface area contributed by atoms with Crippen LogP contribution in [0.5, 0.6) is 0 Å². The van der Waals surface area contributed by atoms with E-state index in [-0.39, 0.29) is 0 Å². The first-order valence-corrected chi connectivity index (χ1v) is 6.35. The normalized spacial score (nSPS) is 26.5. The van der Waals surface area contributed by atoms with Crippen LogP contribution in [-0.2, 0) is 0 Å². The van der Waals surface area contributed by atoms with E-state index < -0.39 is 0 Å². The van der Waals surface area contributed by atoms with E-state index in [1.54, 1.807) is 0 Å². The Bertz CT molecular complexity index is 217. The van der Waals surface area contributed by atoms with Gasteiger partial charge in [-0.25, -0.2) is 0 Å². The Balaban J connectivity index is 2.66. The van der Waals surface area contributed by atoms with Gasteiger partial charge < -0.3 is 5.32 Å². The highest BCUT2D eigenvalue weighted by molar-refractivity contribution is 4.99. The summed E-state index contributed by atoms with van der Waals surface area (Å²) in [6.07, 6.45) is 5.31. The van der Waals surface area contributed by atoms with E-state index in [0.29, 0.717) is 11.5 Å². The average Bonchev–Trinajstić information content (AvgIpc) is 2.43. The molecule has 1 nitrogen and oxygen atoms in total. The van der Waals surface area contributed by atoms with Gasteiger partial charge in [-0.15, -0.1) is 6.58 Å². The maximum absolute atomic E-state index is 4.06. The van der Waals surface area contributed by atoms with Crippen LogP contribution in [0.25, 0.3) is 0 Å². The van der Waals surface area contributed by atoms with Crippen LogP contribution in [0.1, 0.15) is 53.4 Å². The second kappa shape index (κ2) is 5.16. The highest BCUT2D eigenvalue weighted by Gasteiger charge is 2.38. The fraction of sp³-hybridized carbons (Fsp3) is 0.857. The summed E-state index contributed by atoms with van der Waals surface area (Å²) in [4.78, 5) is 0. The third-order valence-electron chi connectivity index (χ3n) is 3.86. The van der Waals surface area contributed by atoms with Crippen molar-refractivity contribution in [3.05, 3.63) is 12.2 Å². The molecule has 0 aliphatic heterocycles. The lowest BCUT2D eigenvalue weighted by Gasteiger charge is -2.35. The van der Waals surface area contributed by atoms with Crippen molar-refractivity contribution >= 4 is 0 Å². The van der Waals surface area contributed by atoms with Crippen molar-refractivity contribution in [1.29, 1.82) is 0 Å². The molecule has 0 heterocycles. The van der Waals surface area contributed by atoms with E-state index in [4.69, 9.17) is 0 Å². The molecule has 0 aromatic carbocycles.